The molecule has 7 nitrogen and oxygen atoms in total. The van der Waals surface area contributed by atoms with Crippen molar-refractivity contribution in [2.75, 3.05) is 0 Å². The zero-order valence-electron chi connectivity index (χ0n) is 11.0. The number of aromatic nitrogens is 2. The van der Waals surface area contributed by atoms with Gasteiger partial charge in [-0.05, 0) is 6.42 Å². The highest BCUT2D eigenvalue weighted by atomic mass is 35.5. The Bertz CT molecular complexity index is 689. The molecule has 9 heteroatoms. The number of hydrogen-bond acceptors (Lipinski definition) is 6. The molecule has 1 N–H and O–H groups in total. The molecule has 2 rings (SSSR count). The molecule has 110 valence electrons. The van der Waals surface area contributed by atoms with Gasteiger partial charge in [0.25, 0.3) is 11.6 Å². The second kappa shape index (κ2) is 6.59. The summed E-state index contributed by atoms with van der Waals surface area (Å²) in [5, 5.41) is 14.0. The van der Waals surface area contributed by atoms with Crippen molar-refractivity contribution in [1.82, 2.24) is 15.3 Å². The van der Waals surface area contributed by atoms with Crippen molar-refractivity contribution in [1.29, 1.82) is 0 Å². The maximum Gasteiger partial charge on any atom is 0.288 e. The molecule has 0 aromatic carbocycles. The van der Waals surface area contributed by atoms with Crippen LogP contribution in [0, 0.1) is 10.1 Å². The summed E-state index contributed by atoms with van der Waals surface area (Å²) in [6.07, 6.45) is 3.65. The number of pyridine rings is 1. The van der Waals surface area contributed by atoms with Crippen molar-refractivity contribution in [2.45, 2.75) is 19.9 Å². The molecule has 0 aliphatic heterocycles. The van der Waals surface area contributed by atoms with Crippen LogP contribution in [0.2, 0.25) is 5.15 Å². The van der Waals surface area contributed by atoms with E-state index >= 15 is 0 Å². The van der Waals surface area contributed by atoms with Gasteiger partial charge in [0.05, 0.1) is 17.0 Å². The number of carbonyl (C=O) groups excluding carboxylic acids is 1. The average Bonchev–Trinajstić information content (AvgIpc) is 2.93. The minimum atomic E-state index is -0.630. The van der Waals surface area contributed by atoms with Gasteiger partial charge in [0.2, 0.25) is 0 Å². The normalized spacial score (nSPS) is 10.4. The standard InChI is InChI=1S/C12H11ClN4O3S/c1-2-8-5-14-10(21-8)6-16-12(18)9-3-7(17(19)20)4-15-11(9)13/h3-5H,2,6H2,1H3,(H,16,18). The third kappa shape index (κ3) is 3.73. The van der Waals surface area contributed by atoms with Crippen molar-refractivity contribution in [3.63, 3.8) is 0 Å². The molecular weight excluding hydrogens is 316 g/mol. The van der Waals surface area contributed by atoms with Gasteiger partial charge in [-0.15, -0.1) is 11.3 Å². The van der Waals surface area contributed by atoms with E-state index in [9.17, 15) is 14.9 Å². The molecular formula is C12H11ClN4O3S. The van der Waals surface area contributed by atoms with Gasteiger partial charge < -0.3 is 5.32 Å². The minimum Gasteiger partial charge on any atom is -0.345 e. The largest absolute Gasteiger partial charge is 0.345 e. The zero-order valence-corrected chi connectivity index (χ0v) is 12.6. The average molecular weight is 327 g/mol. The van der Waals surface area contributed by atoms with Crippen molar-refractivity contribution in [3.8, 4) is 0 Å². The van der Waals surface area contributed by atoms with E-state index in [-0.39, 0.29) is 22.9 Å². The number of amides is 1. The lowest BCUT2D eigenvalue weighted by molar-refractivity contribution is -0.385. The van der Waals surface area contributed by atoms with Gasteiger partial charge in [0.1, 0.15) is 16.4 Å². The lowest BCUT2D eigenvalue weighted by atomic mass is 10.2. The van der Waals surface area contributed by atoms with Gasteiger partial charge in [-0.25, -0.2) is 9.97 Å². The summed E-state index contributed by atoms with van der Waals surface area (Å²) in [7, 11) is 0. The van der Waals surface area contributed by atoms with Crippen LogP contribution in [0.15, 0.2) is 18.5 Å². The molecule has 2 aromatic heterocycles. The van der Waals surface area contributed by atoms with Crippen LogP contribution in [0.1, 0.15) is 27.2 Å². The molecule has 0 aliphatic rings. The molecule has 0 aliphatic carbocycles. The summed E-state index contributed by atoms with van der Waals surface area (Å²) in [6.45, 7) is 2.26. The summed E-state index contributed by atoms with van der Waals surface area (Å²) >= 11 is 7.30. The van der Waals surface area contributed by atoms with Crippen LogP contribution in [0.4, 0.5) is 5.69 Å². The summed E-state index contributed by atoms with van der Waals surface area (Å²) in [5.41, 5.74) is -0.315. The molecule has 0 fully saturated rings. The lowest BCUT2D eigenvalue weighted by Gasteiger charge is -2.04. The predicted octanol–water partition coefficient (Wildman–Crippen LogP) is 2.59. The van der Waals surface area contributed by atoms with Crippen LogP contribution >= 0.6 is 22.9 Å². The van der Waals surface area contributed by atoms with Crippen LogP contribution < -0.4 is 5.32 Å². The minimum absolute atomic E-state index is 0.0295. The number of aryl methyl sites for hydroxylation is 1. The molecule has 21 heavy (non-hydrogen) atoms. The quantitative estimate of drug-likeness (QED) is 0.517. The molecule has 2 heterocycles. The number of halogens is 1. The van der Waals surface area contributed by atoms with Crippen LogP contribution in [0.25, 0.3) is 0 Å². The van der Waals surface area contributed by atoms with Gasteiger partial charge in [-0.3, -0.25) is 14.9 Å². The Balaban J connectivity index is 2.09. The number of carbonyl (C=O) groups is 1. The summed E-state index contributed by atoms with van der Waals surface area (Å²) < 4.78 is 0. The fourth-order valence-electron chi connectivity index (χ4n) is 1.54. The third-order valence-electron chi connectivity index (χ3n) is 2.63. The van der Waals surface area contributed by atoms with E-state index in [1.807, 2.05) is 6.92 Å². The Kier molecular flexibility index (Phi) is 4.81. The molecule has 0 saturated carbocycles. The highest BCUT2D eigenvalue weighted by Crippen LogP contribution is 2.19. The molecule has 0 unspecified atom stereocenters. The van der Waals surface area contributed by atoms with Gasteiger partial charge in [0, 0.05) is 17.1 Å². The topological polar surface area (TPSA) is 98.0 Å². The van der Waals surface area contributed by atoms with Crippen LogP contribution in [0.3, 0.4) is 0 Å². The SMILES string of the molecule is CCc1cnc(CNC(=O)c2cc([N+](=O)[O-])cnc2Cl)s1. The van der Waals surface area contributed by atoms with Gasteiger partial charge in [-0.2, -0.15) is 0 Å². The fourth-order valence-corrected chi connectivity index (χ4v) is 2.53. The number of hydrogen-bond donors (Lipinski definition) is 1. The van der Waals surface area contributed by atoms with Crippen LogP contribution in [0.5, 0.6) is 0 Å². The maximum absolute atomic E-state index is 12.0. The summed E-state index contributed by atoms with van der Waals surface area (Å²) in [6, 6.07) is 1.10. The van der Waals surface area contributed by atoms with E-state index < -0.39 is 10.8 Å². The van der Waals surface area contributed by atoms with E-state index in [0.29, 0.717) is 0 Å². The maximum atomic E-state index is 12.0. The molecule has 0 bridgehead atoms. The van der Waals surface area contributed by atoms with Crippen molar-refractivity contribution >= 4 is 34.5 Å². The van der Waals surface area contributed by atoms with Crippen molar-refractivity contribution < 1.29 is 9.72 Å². The number of thiazole rings is 1. The van der Waals surface area contributed by atoms with Crippen molar-refractivity contribution in [2.24, 2.45) is 0 Å². The van der Waals surface area contributed by atoms with E-state index in [0.717, 1.165) is 28.6 Å². The molecule has 2 aromatic rings. The first kappa shape index (κ1) is 15.3. The third-order valence-corrected chi connectivity index (χ3v) is 4.07. The molecule has 0 spiro atoms. The highest BCUT2D eigenvalue weighted by molar-refractivity contribution is 7.11. The summed E-state index contributed by atoms with van der Waals surface area (Å²) in [5.74, 6) is -0.524. The van der Waals surface area contributed by atoms with Gasteiger partial charge in [-0.1, -0.05) is 18.5 Å². The van der Waals surface area contributed by atoms with Crippen LogP contribution in [-0.4, -0.2) is 20.8 Å². The lowest BCUT2D eigenvalue weighted by Crippen LogP contribution is -2.23. The number of rotatable bonds is 5. The van der Waals surface area contributed by atoms with Crippen molar-refractivity contribution in [3.05, 3.63) is 49.2 Å². The molecule has 0 saturated heterocycles. The Morgan fingerprint density at radius 3 is 2.86 bits per heavy atom. The Morgan fingerprint density at radius 1 is 1.48 bits per heavy atom. The first-order chi connectivity index (χ1) is 10.0. The Morgan fingerprint density at radius 2 is 2.24 bits per heavy atom. The zero-order chi connectivity index (χ0) is 15.4. The highest BCUT2D eigenvalue weighted by Gasteiger charge is 2.17. The predicted molar refractivity (Wildman–Crippen MR) is 78.6 cm³/mol. The smallest absolute Gasteiger partial charge is 0.288 e. The number of nitrogens with one attached hydrogen (secondary N) is 1. The van der Waals surface area contributed by atoms with E-state index in [2.05, 4.69) is 15.3 Å². The van der Waals surface area contributed by atoms with Crippen LogP contribution in [-0.2, 0) is 13.0 Å². The van der Waals surface area contributed by atoms with E-state index in [4.69, 9.17) is 11.6 Å². The Labute approximate surface area is 129 Å². The Hall–Kier alpha value is -2.06. The molecule has 1 amide bonds. The fraction of sp³-hybridized carbons (Fsp3) is 0.250. The van der Waals surface area contributed by atoms with E-state index in [1.165, 1.54) is 11.3 Å². The molecule has 0 radical (unpaired) electrons. The molecule has 0 atom stereocenters. The number of nitro groups is 1. The monoisotopic (exact) mass is 326 g/mol. The first-order valence-corrected chi connectivity index (χ1v) is 7.22. The number of nitrogens with zero attached hydrogens (tertiary/aromatic N) is 3. The summed E-state index contributed by atoms with van der Waals surface area (Å²) in [4.78, 5) is 31.0. The van der Waals surface area contributed by atoms with Gasteiger partial charge in [0.15, 0.2) is 0 Å². The van der Waals surface area contributed by atoms with Gasteiger partial charge >= 0.3 is 0 Å². The second-order valence-corrected chi connectivity index (χ2v) is 5.60. The first-order valence-electron chi connectivity index (χ1n) is 6.03. The van der Waals surface area contributed by atoms with E-state index in [1.54, 1.807) is 6.20 Å². The second-order valence-electron chi connectivity index (χ2n) is 4.05.